The van der Waals surface area contributed by atoms with E-state index in [9.17, 15) is 10.1 Å². The molecule has 0 bridgehead atoms. The summed E-state index contributed by atoms with van der Waals surface area (Å²) in [4.78, 5) is 12.3. The number of hydrogen-bond acceptors (Lipinski definition) is 3. The molecule has 136 valence electrons. The number of hydrogen-bond donors (Lipinski definition) is 1. The first-order valence-electron chi connectivity index (χ1n) is 8.71. The third-order valence-electron chi connectivity index (χ3n) is 4.56. The van der Waals surface area contributed by atoms with E-state index in [1.165, 1.54) is 0 Å². The number of nitrogens with zero attached hydrogens (tertiary/aromatic N) is 2. The van der Waals surface area contributed by atoms with Gasteiger partial charge in [-0.2, -0.15) is 5.26 Å². The molecule has 0 atom stereocenters. The zero-order valence-electron chi connectivity index (χ0n) is 15.4. The van der Waals surface area contributed by atoms with Crippen LogP contribution in [0, 0.1) is 25.2 Å². The first kappa shape index (κ1) is 18.3. The highest BCUT2D eigenvalue weighted by Gasteiger charge is 2.20. The van der Waals surface area contributed by atoms with Crippen molar-refractivity contribution >= 4 is 11.9 Å². The van der Waals surface area contributed by atoms with Crippen LogP contribution in [-0.4, -0.2) is 10.7 Å². The van der Waals surface area contributed by atoms with E-state index in [0.717, 1.165) is 22.4 Å². The molecule has 1 heterocycles. The first-order chi connectivity index (χ1) is 13.1. The fraction of sp³-hybridized carbons (Fsp3) is 0.182. The van der Waals surface area contributed by atoms with Crippen LogP contribution in [0.5, 0.6) is 0 Å². The van der Waals surface area contributed by atoms with Gasteiger partial charge in [-0.05, 0) is 30.5 Å². The molecule has 27 heavy (non-hydrogen) atoms. The molecule has 5 nitrogen and oxygen atoms in total. The number of ether oxygens (including phenoxy) is 1. The lowest BCUT2D eigenvalue weighted by Crippen LogP contribution is -2.18. The molecule has 0 saturated heterocycles. The van der Waals surface area contributed by atoms with E-state index in [0.29, 0.717) is 17.9 Å². The monoisotopic (exact) mass is 359 g/mol. The number of nitriles is 1. The van der Waals surface area contributed by atoms with Gasteiger partial charge in [0.1, 0.15) is 18.5 Å². The van der Waals surface area contributed by atoms with Gasteiger partial charge >= 0.3 is 6.09 Å². The Labute approximate surface area is 158 Å². The van der Waals surface area contributed by atoms with Crippen molar-refractivity contribution < 1.29 is 9.53 Å². The van der Waals surface area contributed by atoms with E-state index >= 15 is 0 Å². The number of amides is 1. The van der Waals surface area contributed by atoms with Gasteiger partial charge in [-0.1, -0.05) is 60.7 Å². The molecule has 0 fully saturated rings. The molecule has 0 radical (unpaired) electrons. The van der Waals surface area contributed by atoms with E-state index in [4.69, 9.17) is 4.74 Å². The lowest BCUT2D eigenvalue weighted by Gasteiger charge is -2.13. The second kappa shape index (κ2) is 8.24. The Kier molecular flexibility index (Phi) is 5.58. The van der Waals surface area contributed by atoms with Crippen LogP contribution in [0.15, 0.2) is 60.7 Å². The molecule has 0 saturated carbocycles. The molecule has 3 aromatic rings. The summed E-state index contributed by atoms with van der Waals surface area (Å²) in [6.45, 7) is 4.56. The summed E-state index contributed by atoms with van der Waals surface area (Å²) in [6, 6.07) is 21.6. The highest BCUT2D eigenvalue weighted by Crippen LogP contribution is 2.27. The predicted molar refractivity (Wildman–Crippen MR) is 104 cm³/mol. The van der Waals surface area contributed by atoms with Crippen molar-refractivity contribution in [3.05, 3.63) is 88.6 Å². The second-order valence-corrected chi connectivity index (χ2v) is 6.30. The zero-order chi connectivity index (χ0) is 19.2. The van der Waals surface area contributed by atoms with Crippen molar-refractivity contribution in [2.24, 2.45) is 0 Å². The fourth-order valence-electron chi connectivity index (χ4n) is 2.95. The molecule has 1 N–H and O–H groups in total. The molecule has 0 spiro atoms. The number of aromatic nitrogens is 1. The molecule has 2 aromatic carbocycles. The minimum atomic E-state index is -0.581. The van der Waals surface area contributed by atoms with Crippen molar-refractivity contribution in [2.45, 2.75) is 27.0 Å². The molecule has 1 aromatic heterocycles. The van der Waals surface area contributed by atoms with Crippen LogP contribution in [0.2, 0.25) is 0 Å². The minimum Gasteiger partial charge on any atom is -0.444 e. The van der Waals surface area contributed by atoms with Crippen LogP contribution < -0.4 is 5.32 Å². The largest absolute Gasteiger partial charge is 0.444 e. The Morgan fingerprint density at radius 2 is 1.63 bits per heavy atom. The van der Waals surface area contributed by atoms with Crippen molar-refractivity contribution in [2.75, 3.05) is 5.32 Å². The Balaban J connectivity index is 1.82. The fourth-order valence-corrected chi connectivity index (χ4v) is 2.95. The van der Waals surface area contributed by atoms with Gasteiger partial charge in [0, 0.05) is 12.2 Å². The number of rotatable bonds is 5. The maximum Gasteiger partial charge on any atom is 0.413 e. The van der Waals surface area contributed by atoms with Crippen LogP contribution in [0.25, 0.3) is 0 Å². The Morgan fingerprint density at radius 3 is 2.22 bits per heavy atom. The highest BCUT2D eigenvalue weighted by atomic mass is 16.5. The number of anilines is 1. The molecule has 1 amide bonds. The van der Waals surface area contributed by atoms with E-state index in [1.54, 1.807) is 0 Å². The normalized spacial score (nSPS) is 10.3. The number of benzene rings is 2. The van der Waals surface area contributed by atoms with E-state index in [-0.39, 0.29) is 6.61 Å². The molecule has 0 aliphatic heterocycles. The second-order valence-electron chi connectivity index (χ2n) is 6.30. The summed E-state index contributed by atoms with van der Waals surface area (Å²) in [5.41, 5.74) is 4.24. The lowest BCUT2D eigenvalue weighted by atomic mass is 10.2. The number of carbonyl (C=O) groups is 1. The van der Waals surface area contributed by atoms with Gasteiger partial charge in [0.15, 0.2) is 0 Å². The van der Waals surface area contributed by atoms with Gasteiger partial charge in [-0.3, -0.25) is 5.32 Å². The molecular weight excluding hydrogens is 338 g/mol. The van der Waals surface area contributed by atoms with Crippen molar-refractivity contribution in [3.8, 4) is 6.07 Å². The van der Waals surface area contributed by atoms with Crippen LogP contribution in [-0.2, 0) is 17.9 Å². The van der Waals surface area contributed by atoms with Crippen molar-refractivity contribution in [3.63, 3.8) is 0 Å². The summed E-state index contributed by atoms with van der Waals surface area (Å²) in [5.74, 6) is 0.467. The van der Waals surface area contributed by atoms with Crippen molar-refractivity contribution in [1.29, 1.82) is 5.26 Å². The Hall–Kier alpha value is -3.52. The van der Waals surface area contributed by atoms with Gasteiger partial charge in [0.05, 0.1) is 5.56 Å². The summed E-state index contributed by atoms with van der Waals surface area (Å²) in [6.07, 6.45) is -0.581. The lowest BCUT2D eigenvalue weighted by molar-refractivity contribution is 0.155. The van der Waals surface area contributed by atoms with Gasteiger partial charge < -0.3 is 9.30 Å². The number of nitrogens with one attached hydrogen (secondary N) is 1. The smallest absolute Gasteiger partial charge is 0.413 e. The minimum absolute atomic E-state index is 0.173. The van der Waals surface area contributed by atoms with Gasteiger partial charge in [0.2, 0.25) is 0 Å². The topological polar surface area (TPSA) is 67.1 Å². The Bertz CT molecular complexity index is 970. The molecule has 5 heteroatoms. The standard InChI is InChI=1S/C22H21N3O2/c1-16-17(2)25(14-18-9-5-3-6-10-18)21(20(16)13-23)24-22(26)27-15-19-11-7-4-8-12-19/h3-12H,14-15H2,1-2H3,(H,24,26). The SMILES string of the molecule is Cc1c(C#N)c(NC(=O)OCc2ccccc2)n(Cc2ccccc2)c1C. The van der Waals surface area contributed by atoms with Crippen molar-refractivity contribution in [1.82, 2.24) is 4.57 Å². The summed E-state index contributed by atoms with van der Waals surface area (Å²) >= 11 is 0. The summed E-state index contributed by atoms with van der Waals surface area (Å²) in [7, 11) is 0. The zero-order valence-corrected chi connectivity index (χ0v) is 15.4. The summed E-state index contributed by atoms with van der Waals surface area (Å²) < 4.78 is 7.25. The maximum atomic E-state index is 12.3. The van der Waals surface area contributed by atoms with Gasteiger partial charge in [0.25, 0.3) is 0 Å². The Morgan fingerprint density at radius 1 is 1.04 bits per heavy atom. The first-order valence-corrected chi connectivity index (χ1v) is 8.71. The maximum absolute atomic E-state index is 12.3. The highest BCUT2D eigenvalue weighted by molar-refractivity contribution is 5.86. The van der Waals surface area contributed by atoms with E-state index in [2.05, 4.69) is 11.4 Å². The third-order valence-corrected chi connectivity index (χ3v) is 4.56. The molecule has 0 aliphatic carbocycles. The van der Waals surface area contributed by atoms with Crippen LogP contribution >= 0.6 is 0 Å². The van der Waals surface area contributed by atoms with Gasteiger partial charge in [-0.25, -0.2) is 4.79 Å². The van der Waals surface area contributed by atoms with Gasteiger partial charge in [-0.15, -0.1) is 0 Å². The molecule has 3 rings (SSSR count). The van der Waals surface area contributed by atoms with Crippen LogP contribution in [0.4, 0.5) is 10.6 Å². The quantitative estimate of drug-likeness (QED) is 0.713. The van der Waals surface area contributed by atoms with Crippen LogP contribution in [0.3, 0.4) is 0 Å². The average molecular weight is 359 g/mol. The molecule has 0 aliphatic rings. The average Bonchev–Trinajstić information content (AvgIpc) is 2.92. The molecule has 0 unspecified atom stereocenters. The van der Waals surface area contributed by atoms with E-state index in [1.807, 2.05) is 79.1 Å². The number of carbonyl (C=O) groups excluding carboxylic acids is 1. The third kappa shape index (κ3) is 4.18. The van der Waals surface area contributed by atoms with E-state index < -0.39 is 6.09 Å². The summed E-state index contributed by atoms with van der Waals surface area (Å²) in [5, 5.41) is 12.3. The molecular formula is C22H21N3O2. The van der Waals surface area contributed by atoms with Crippen LogP contribution in [0.1, 0.15) is 27.9 Å². The predicted octanol–water partition coefficient (Wildman–Crippen LogP) is 4.77.